The Bertz CT molecular complexity index is 858. The third kappa shape index (κ3) is 29.0. The van der Waals surface area contributed by atoms with Crippen molar-refractivity contribution in [3.63, 3.8) is 0 Å². The average Bonchev–Trinajstić information content (AvgIpc) is 3.44. The van der Waals surface area contributed by atoms with E-state index in [-0.39, 0.29) is 31.6 Å². The van der Waals surface area contributed by atoms with Crippen LogP contribution in [0.2, 0.25) is 0 Å². The molecule has 1 aliphatic rings. The Labute approximate surface area is 333 Å². The SMILES string of the molecule is CCCCCCCCCCCCCCCCOC1[C@@H](COC(=O)CN(C)C)O[C@@H](OC(=O)CN(C)C)[C@H]1OCCCCCCCCCCCCCCCC. The average molecular weight is 769 g/mol. The molecule has 0 radical (unpaired) electrons. The van der Waals surface area contributed by atoms with Gasteiger partial charge in [0.2, 0.25) is 6.29 Å². The fourth-order valence-corrected chi connectivity index (χ4v) is 7.23. The van der Waals surface area contributed by atoms with Crippen LogP contribution in [0.1, 0.15) is 194 Å². The Morgan fingerprint density at radius 2 is 0.796 bits per heavy atom. The smallest absolute Gasteiger partial charge is 0.322 e. The number of ether oxygens (including phenoxy) is 5. The first-order chi connectivity index (χ1) is 26.3. The second kappa shape index (κ2) is 36.1. The van der Waals surface area contributed by atoms with Crippen LogP contribution in [0.25, 0.3) is 0 Å². The van der Waals surface area contributed by atoms with Crippen molar-refractivity contribution in [2.75, 3.05) is 61.1 Å². The Balaban J connectivity index is 2.54. The predicted molar refractivity (Wildman–Crippen MR) is 223 cm³/mol. The van der Waals surface area contributed by atoms with E-state index in [1.54, 1.807) is 9.80 Å². The summed E-state index contributed by atoms with van der Waals surface area (Å²) >= 11 is 0. The van der Waals surface area contributed by atoms with E-state index in [1.807, 2.05) is 28.2 Å². The summed E-state index contributed by atoms with van der Waals surface area (Å²) in [5.74, 6) is -0.715. The molecule has 0 amide bonds. The van der Waals surface area contributed by atoms with Crippen LogP contribution in [-0.2, 0) is 33.3 Å². The standard InChI is InChI=1S/C45H88N2O7/c1-7-9-11-13-15-17-19-21-23-25-27-29-31-33-35-50-43-40(39-52-41(48)37-46(3)4)53-45(54-42(49)38-47(5)6)44(43)51-36-34-32-30-28-26-24-22-20-18-16-14-12-10-8-2/h40,43-45H,7-39H2,1-6H3/t40-,43?,44+,45+/m1/s1. The summed E-state index contributed by atoms with van der Waals surface area (Å²) in [5.41, 5.74) is 0. The molecular formula is C45H88N2O7. The molecule has 1 fully saturated rings. The van der Waals surface area contributed by atoms with Gasteiger partial charge in [0, 0.05) is 13.2 Å². The Morgan fingerprint density at radius 1 is 0.463 bits per heavy atom. The monoisotopic (exact) mass is 769 g/mol. The maximum absolute atomic E-state index is 12.7. The zero-order valence-electron chi connectivity index (χ0n) is 36.4. The highest BCUT2D eigenvalue weighted by atomic mass is 16.7. The molecule has 1 unspecified atom stereocenters. The van der Waals surface area contributed by atoms with Gasteiger partial charge in [-0.15, -0.1) is 0 Å². The zero-order chi connectivity index (χ0) is 39.5. The third-order valence-electron chi connectivity index (χ3n) is 10.4. The van der Waals surface area contributed by atoms with Crippen molar-refractivity contribution >= 4 is 11.9 Å². The number of rotatable bonds is 39. The normalized spacial score (nSPS) is 18.6. The van der Waals surface area contributed by atoms with Crippen molar-refractivity contribution in [1.82, 2.24) is 9.80 Å². The number of carbonyl (C=O) groups excluding carboxylic acids is 2. The van der Waals surface area contributed by atoms with Crippen molar-refractivity contribution in [1.29, 1.82) is 0 Å². The minimum Gasteiger partial charge on any atom is -0.462 e. The summed E-state index contributed by atoms with van der Waals surface area (Å²) in [5, 5.41) is 0. The number of nitrogens with zero attached hydrogens (tertiary/aromatic N) is 2. The molecule has 0 aliphatic carbocycles. The fourth-order valence-electron chi connectivity index (χ4n) is 7.23. The molecule has 4 atom stereocenters. The molecule has 0 spiro atoms. The molecule has 0 aromatic rings. The predicted octanol–water partition coefficient (Wildman–Crippen LogP) is 10.7. The van der Waals surface area contributed by atoms with Crippen molar-refractivity contribution in [2.24, 2.45) is 0 Å². The van der Waals surface area contributed by atoms with Crippen molar-refractivity contribution < 1.29 is 33.3 Å². The summed E-state index contributed by atoms with van der Waals surface area (Å²) in [7, 11) is 7.32. The molecule has 0 bridgehead atoms. The molecular weight excluding hydrogens is 681 g/mol. The molecule has 0 aromatic carbocycles. The van der Waals surface area contributed by atoms with Gasteiger partial charge in [0.25, 0.3) is 0 Å². The van der Waals surface area contributed by atoms with Crippen LogP contribution in [0.15, 0.2) is 0 Å². The second-order valence-corrected chi connectivity index (χ2v) is 16.6. The number of esters is 2. The summed E-state index contributed by atoms with van der Waals surface area (Å²) in [6.07, 6.45) is 33.8. The number of likely N-dealkylation sites (N-methyl/N-ethyl adjacent to an activating group) is 2. The van der Waals surface area contributed by atoms with E-state index < -0.39 is 24.6 Å². The number of unbranched alkanes of at least 4 members (excludes halogenated alkanes) is 26. The lowest BCUT2D eigenvalue weighted by atomic mass is 10.0. The fraction of sp³-hybridized carbons (Fsp3) is 0.956. The topological polar surface area (TPSA) is 86.8 Å². The lowest BCUT2D eigenvalue weighted by Crippen LogP contribution is -2.41. The van der Waals surface area contributed by atoms with E-state index in [9.17, 15) is 9.59 Å². The third-order valence-corrected chi connectivity index (χ3v) is 10.4. The highest BCUT2D eigenvalue weighted by molar-refractivity contribution is 5.72. The van der Waals surface area contributed by atoms with Gasteiger partial charge >= 0.3 is 11.9 Å². The van der Waals surface area contributed by atoms with Crippen LogP contribution >= 0.6 is 0 Å². The summed E-state index contributed by atoms with van der Waals surface area (Å²) < 4.78 is 30.5. The van der Waals surface area contributed by atoms with E-state index in [2.05, 4.69) is 13.8 Å². The summed E-state index contributed by atoms with van der Waals surface area (Å²) in [6.45, 7) is 5.99. The quantitative estimate of drug-likeness (QED) is 0.0448. The van der Waals surface area contributed by atoms with Crippen LogP contribution in [0.3, 0.4) is 0 Å². The molecule has 9 nitrogen and oxygen atoms in total. The Hall–Kier alpha value is -1.26. The molecule has 320 valence electrons. The van der Waals surface area contributed by atoms with Crippen LogP contribution in [0.5, 0.6) is 0 Å². The molecule has 1 aliphatic heterocycles. The summed E-state index contributed by atoms with van der Waals surface area (Å²) in [6, 6.07) is 0. The van der Waals surface area contributed by atoms with Crippen molar-refractivity contribution in [3.05, 3.63) is 0 Å². The largest absolute Gasteiger partial charge is 0.462 e. The van der Waals surface area contributed by atoms with Gasteiger partial charge in [-0.3, -0.25) is 19.4 Å². The number of hydrogen-bond acceptors (Lipinski definition) is 9. The molecule has 0 N–H and O–H groups in total. The van der Waals surface area contributed by atoms with Crippen molar-refractivity contribution in [2.45, 2.75) is 218 Å². The van der Waals surface area contributed by atoms with E-state index in [1.165, 1.54) is 154 Å². The molecule has 0 saturated carbocycles. The molecule has 9 heteroatoms. The molecule has 1 rings (SSSR count). The highest BCUT2D eigenvalue weighted by Gasteiger charge is 2.49. The Kier molecular flexibility index (Phi) is 33.9. The van der Waals surface area contributed by atoms with Gasteiger partial charge in [-0.1, -0.05) is 181 Å². The Morgan fingerprint density at radius 3 is 1.17 bits per heavy atom. The minimum atomic E-state index is -0.914. The van der Waals surface area contributed by atoms with E-state index >= 15 is 0 Å². The zero-order valence-corrected chi connectivity index (χ0v) is 36.4. The van der Waals surface area contributed by atoms with Crippen molar-refractivity contribution in [3.8, 4) is 0 Å². The lowest BCUT2D eigenvalue weighted by molar-refractivity contribution is -0.197. The molecule has 1 saturated heterocycles. The van der Waals surface area contributed by atoms with Crippen LogP contribution in [0, 0.1) is 0 Å². The van der Waals surface area contributed by atoms with Gasteiger partial charge in [0.15, 0.2) is 0 Å². The first-order valence-electron chi connectivity index (χ1n) is 22.8. The van der Waals surface area contributed by atoms with Gasteiger partial charge in [-0.05, 0) is 41.0 Å². The summed E-state index contributed by atoms with van der Waals surface area (Å²) in [4.78, 5) is 28.7. The van der Waals surface area contributed by atoms with Crippen LogP contribution < -0.4 is 0 Å². The van der Waals surface area contributed by atoms with Gasteiger partial charge in [0.1, 0.15) is 24.9 Å². The molecule has 1 heterocycles. The second-order valence-electron chi connectivity index (χ2n) is 16.6. The van der Waals surface area contributed by atoms with Gasteiger partial charge in [-0.2, -0.15) is 0 Å². The molecule has 54 heavy (non-hydrogen) atoms. The van der Waals surface area contributed by atoms with Crippen LogP contribution in [0.4, 0.5) is 0 Å². The van der Waals surface area contributed by atoms with Gasteiger partial charge in [-0.25, -0.2) is 0 Å². The van der Waals surface area contributed by atoms with Gasteiger partial charge < -0.3 is 23.7 Å². The first-order valence-corrected chi connectivity index (χ1v) is 22.8. The minimum absolute atomic E-state index is 0.0243. The maximum atomic E-state index is 12.7. The maximum Gasteiger partial charge on any atom is 0.322 e. The van der Waals surface area contributed by atoms with E-state index in [4.69, 9.17) is 23.7 Å². The van der Waals surface area contributed by atoms with E-state index in [0.717, 1.165) is 25.7 Å². The highest BCUT2D eigenvalue weighted by Crippen LogP contribution is 2.29. The first kappa shape index (κ1) is 50.8. The number of carbonyl (C=O) groups is 2. The van der Waals surface area contributed by atoms with Crippen LogP contribution in [-0.4, -0.2) is 107 Å². The van der Waals surface area contributed by atoms with E-state index in [0.29, 0.717) is 13.2 Å². The number of hydrogen-bond donors (Lipinski definition) is 0. The van der Waals surface area contributed by atoms with Gasteiger partial charge in [0.05, 0.1) is 13.1 Å². The molecule has 0 aromatic heterocycles. The lowest BCUT2D eigenvalue weighted by Gasteiger charge is -2.25.